The highest BCUT2D eigenvalue weighted by Gasteiger charge is 2.36. The zero-order valence-corrected chi connectivity index (χ0v) is 14.9. The van der Waals surface area contributed by atoms with Crippen molar-refractivity contribution >= 4 is 5.91 Å². The smallest absolute Gasteiger partial charge is 0.293 e. The fourth-order valence-corrected chi connectivity index (χ4v) is 3.68. The van der Waals surface area contributed by atoms with Crippen molar-refractivity contribution in [1.82, 2.24) is 15.2 Å². The molecule has 1 fully saturated rings. The van der Waals surface area contributed by atoms with Gasteiger partial charge in [-0.25, -0.2) is 0 Å². The number of aromatic nitrogens is 2. The van der Waals surface area contributed by atoms with Crippen LogP contribution in [0.4, 0.5) is 0 Å². The quantitative estimate of drug-likeness (QED) is 0.705. The molecule has 1 amide bonds. The zero-order valence-electron chi connectivity index (χ0n) is 14.9. The molecule has 0 radical (unpaired) electrons. The molecule has 0 N–H and O–H groups in total. The Labute approximate surface area is 151 Å². The summed E-state index contributed by atoms with van der Waals surface area (Å²) in [5, 5.41) is 8.16. The summed E-state index contributed by atoms with van der Waals surface area (Å²) in [7, 11) is 0. The van der Waals surface area contributed by atoms with Crippen LogP contribution in [0.25, 0.3) is 11.3 Å². The average molecular weight is 351 g/mol. The maximum Gasteiger partial charge on any atom is 0.293 e. The van der Waals surface area contributed by atoms with E-state index in [0.29, 0.717) is 12.2 Å². The summed E-state index contributed by atoms with van der Waals surface area (Å²) in [5.74, 6) is 0.988. The fourth-order valence-electron chi connectivity index (χ4n) is 3.68. The van der Waals surface area contributed by atoms with E-state index in [0.717, 1.165) is 41.8 Å². The predicted molar refractivity (Wildman–Crippen MR) is 95.6 cm³/mol. The van der Waals surface area contributed by atoms with Crippen molar-refractivity contribution < 1.29 is 13.8 Å². The molecule has 6 heteroatoms. The van der Waals surface area contributed by atoms with Crippen LogP contribution < -0.4 is 0 Å². The van der Waals surface area contributed by atoms with Crippen LogP contribution in [-0.2, 0) is 6.42 Å². The molecule has 1 atom stereocenters. The minimum absolute atomic E-state index is 0.0195. The molecule has 26 heavy (non-hydrogen) atoms. The van der Waals surface area contributed by atoms with E-state index in [-0.39, 0.29) is 17.7 Å². The van der Waals surface area contributed by atoms with Gasteiger partial charge in [0.1, 0.15) is 11.5 Å². The number of rotatable bonds is 4. The molecule has 3 aromatic rings. The van der Waals surface area contributed by atoms with Gasteiger partial charge in [0.15, 0.2) is 0 Å². The van der Waals surface area contributed by atoms with Crippen molar-refractivity contribution in [3.63, 3.8) is 0 Å². The summed E-state index contributed by atoms with van der Waals surface area (Å²) in [6.07, 6.45) is 2.61. The normalized spacial score (nSPS) is 17.0. The second kappa shape index (κ2) is 6.78. The number of carbonyl (C=O) groups is 1. The van der Waals surface area contributed by atoms with E-state index < -0.39 is 0 Å². The highest BCUT2D eigenvalue weighted by Crippen LogP contribution is 2.37. The van der Waals surface area contributed by atoms with Crippen LogP contribution in [0.3, 0.4) is 0 Å². The Balaban J connectivity index is 1.62. The third-order valence-electron chi connectivity index (χ3n) is 4.94. The molecule has 4 rings (SSSR count). The lowest BCUT2D eigenvalue weighted by Gasteiger charge is -2.23. The lowest BCUT2D eigenvalue weighted by atomic mass is 10.0. The summed E-state index contributed by atoms with van der Waals surface area (Å²) >= 11 is 0. The standard InChI is InChI=1S/C20H21N3O3/c1-3-17-19(13(2)21-25-17)16-10-7-11-23(16)20(24)18-12-15(22-26-18)14-8-5-4-6-9-14/h4-6,8-9,12,16H,3,7,10-11H2,1-2H3/t16-/m0/s1. The second-order valence-electron chi connectivity index (χ2n) is 6.56. The first-order valence-electron chi connectivity index (χ1n) is 8.97. The van der Waals surface area contributed by atoms with Crippen molar-refractivity contribution in [2.24, 2.45) is 0 Å². The number of nitrogens with zero attached hydrogens (tertiary/aromatic N) is 3. The van der Waals surface area contributed by atoms with Gasteiger partial charge in [-0.3, -0.25) is 4.79 Å². The molecule has 1 aliphatic heterocycles. The van der Waals surface area contributed by atoms with Gasteiger partial charge >= 0.3 is 0 Å². The highest BCUT2D eigenvalue weighted by molar-refractivity contribution is 5.93. The molecule has 3 heterocycles. The van der Waals surface area contributed by atoms with Gasteiger partial charge in [0, 0.05) is 30.2 Å². The lowest BCUT2D eigenvalue weighted by Crippen LogP contribution is -2.30. The molecular formula is C20H21N3O3. The Kier molecular flexibility index (Phi) is 4.32. The largest absolute Gasteiger partial charge is 0.361 e. The first kappa shape index (κ1) is 16.6. The van der Waals surface area contributed by atoms with Crippen LogP contribution in [0.2, 0.25) is 0 Å². The Bertz CT molecular complexity index is 914. The summed E-state index contributed by atoms with van der Waals surface area (Å²) in [6.45, 7) is 4.66. The van der Waals surface area contributed by atoms with E-state index in [1.54, 1.807) is 6.07 Å². The van der Waals surface area contributed by atoms with Crippen molar-refractivity contribution in [3.8, 4) is 11.3 Å². The minimum Gasteiger partial charge on any atom is -0.361 e. The van der Waals surface area contributed by atoms with Crippen LogP contribution in [0.5, 0.6) is 0 Å². The van der Waals surface area contributed by atoms with Gasteiger partial charge in [0.25, 0.3) is 5.91 Å². The topological polar surface area (TPSA) is 72.4 Å². The van der Waals surface area contributed by atoms with Crippen molar-refractivity contribution in [1.29, 1.82) is 0 Å². The van der Waals surface area contributed by atoms with Crippen molar-refractivity contribution in [2.45, 2.75) is 39.2 Å². The first-order valence-corrected chi connectivity index (χ1v) is 8.97. The van der Waals surface area contributed by atoms with Gasteiger partial charge in [0.05, 0.1) is 11.7 Å². The van der Waals surface area contributed by atoms with Crippen LogP contribution in [0.15, 0.2) is 45.4 Å². The van der Waals surface area contributed by atoms with Gasteiger partial charge in [-0.05, 0) is 19.8 Å². The van der Waals surface area contributed by atoms with Gasteiger partial charge in [-0.1, -0.05) is 47.6 Å². The molecule has 0 bridgehead atoms. The molecule has 0 saturated carbocycles. The van der Waals surface area contributed by atoms with E-state index in [1.807, 2.05) is 49.1 Å². The van der Waals surface area contributed by atoms with Crippen LogP contribution >= 0.6 is 0 Å². The number of carbonyl (C=O) groups excluding carboxylic acids is 1. The Morgan fingerprint density at radius 2 is 2.04 bits per heavy atom. The monoisotopic (exact) mass is 351 g/mol. The summed E-state index contributed by atoms with van der Waals surface area (Å²) < 4.78 is 10.8. The SMILES string of the molecule is CCc1onc(C)c1[C@@H]1CCCN1C(=O)c1cc(-c2ccccc2)no1. The van der Waals surface area contributed by atoms with Gasteiger partial charge in [-0.15, -0.1) is 0 Å². The molecule has 2 aromatic heterocycles. The summed E-state index contributed by atoms with van der Waals surface area (Å²) in [4.78, 5) is 14.9. The van der Waals surface area contributed by atoms with Gasteiger partial charge in [0.2, 0.25) is 5.76 Å². The van der Waals surface area contributed by atoms with Crippen LogP contribution in [0, 0.1) is 6.92 Å². The maximum atomic E-state index is 13.0. The average Bonchev–Trinajstić information content (AvgIpc) is 3.41. The van der Waals surface area contributed by atoms with Crippen LogP contribution in [0.1, 0.15) is 53.4 Å². The molecule has 1 saturated heterocycles. The molecular weight excluding hydrogens is 330 g/mol. The maximum absolute atomic E-state index is 13.0. The first-order chi connectivity index (χ1) is 12.7. The Morgan fingerprint density at radius 1 is 1.23 bits per heavy atom. The second-order valence-corrected chi connectivity index (χ2v) is 6.56. The Hall–Kier alpha value is -2.89. The number of hydrogen-bond acceptors (Lipinski definition) is 5. The van der Waals surface area contributed by atoms with Gasteiger partial charge < -0.3 is 13.9 Å². The molecule has 0 unspecified atom stereocenters. The fraction of sp³-hybridized carbons (Fsp3) is 0.350. The Morgan fingerprint density at radius 3 is 2.81 bits per heavy atom. The van der Waals surface area contributed by atoms with E-state index in [9.17, 15) is 4.79 Å². The molecule has 1 aromatic carbocycles. The summed E-state index contributed by atoms with van der Waals surface area (Å²) in [5.41, 5.74) is 3.49. The van der Waals surface area contributed by atoms with Gasteiger partial charge in [-0.2, -0.15) is 0 Å². The third-order valence-corrected chi connectivity index (χ3v) is 4.94. The van der Waals surface area contributed by atoms with Crippen molar-refractivity contribution in [2.75, 3.05) is 6.54 Å². The molecule has 0 aliphatic carbocycles. The molecule has 1 aliphatic rings. The number of hydrogen-bond donors (Lipinski definition) is 0. The predicted octanol–water partition coefficient (Wildman–Crippen LogP) is 4.18. The lowest BCUT2D eigenvalue weighted by molar-refractivity contribution is 0.0692. The highest BCUT2D eigenvalue weighted by atomic mass is 16.5. The van der Waals surface area contributed by atoms with E-state index in [4.69, 9.17) is 9.05 Å². The third kappa shape index (κ3) is 2.81. The number of benzene rings is 1. The number of amides is 1. The van der Waals surface area contributed by atoms with E-state index in [1.165, 1.54) is 0 Å². The van der Waals surface area contributed by atoms with E-state index in [2.05, 4.69) is 10.3 Å². The van der Waals surface area contributed by atoms with Crippen molar-refractivity contribution in [3.05, 3.63) is 59.2 Å². The molecule has 134 valence electrons. The summed E-state index contributed by atoms with van der Waals surface area (Å²) in [6, 6.07) is 11.4. The molecule has 0 spiro atoms. The van der Waals surface area contributed by atoms with E-state index >= 15 is 0 Å². The minimum atomic E-state index is -0.134. The number of likely N-dealkylation sites (tertiary alicyclic amines) is 1. The number of aryl methyl sites for hydroxylation is 2. The molecule has 6 nitrogen and oxygen atoms in total. The van der Waals surface area contributed by atoms with Crippen LogP contribution in [-0.4, -0.2) is 27.7 Å². The zero-order chi connectivity index (χ0) is 18.1.